The molecule has 2 aliphatic heterocycles. The summed E-state index contributed by atoms with van der Waals surface area (Å²) in [6, 6.07) is 4.53. The van der Waals surface area contributed by atoms with Gasteiger partial charge >= 0.3 is 0 Å². The van der Waals surface area contributed by atoms with E-state index >= 15 is 0 Å². The molecule has 2 aliphatic rings. The number of carbonyl (C=O) groups excluding carboxylic acids is 1. The van der Waals surface area contributed by atoms with Crippen molar-refractivity contribution in [3.63, 3.8) is 0 Å². The normalized spacial score (nSPS) is 30.0. The minimum atomic E-state index is -1.44. The van der Waals surface area contributed by atoms with Gasteiger partial charge in [-0.15, -0.1) is 0 Å². The van der Waals surface area contributed by atoms with Crippen LogP contribution in [0.4, 0.5) is 4.39 Å². The van der Waals surface area contributed by atoms with Crippen LogP contribution in [0.1, 0.15) is 42.5 Å². The first-order chi connectivity index (χ1) is 9.99. The van der Waals surface area contributed by atoms with Crippen LogP contribution < -0.4 is 0 Å². The maximum atomic E-state index is 14.0. The zero-order valence-corrected chi connectivity index (χ0v) is 13.4. The third-order valence-electron chi connectivity index (χ3n) is 4.70. The zero-order valence-electron chi connectivity index (χ0n) is 11.8. The summed E-state index contributed by atoms with van der Waals surface area (Å²) >= 11 is 3.26. The number of hydrogen-bond acceptors (Lipinski definition) is 3. The van der Waals surface area contributed by atoms with Gasteiger partial charge in [-0.1, -0.05) is 15.9 Å². The largest absolute Gasteiger partial charge is 0.382 e. The molecule has 3 rings (SSSR count). The van der Waals surface area contributed by atoms with Crippen LogP contribution in [0.15, 0.2) is 22.7 Å². The molecule has 0 aliphatic carbocycles. The van der Waals surface area contributed by atoms with Crippen molar-refractivity contribution in [2.75, 3.05) is 13.1 Å². The molecule has 0 aromatic heterocycles. The molecule has 1 aromatic rings. The van der Waals surface area contributed by atoms with E-state index in [-0.39, 0.29) is 11.6 Å². The number of Topliss-reactive ketones (excluding diaryl/α,β-unsaturated/α-hetero) is 1. The maximum Gasteiger partial charge on any atom is 0.197 e. The van der Waals surface area contributed by atoms with Crippen LogP contribution in [0.5, 0.6) is 0 Å². The summed E-state index contributed by atoms with van der Waals surface area (Å²) in [7, 11) is 0. The molecule has 1 aromatic carbocycles. The Labute approximate surface area is 132 Å². The first-order valence-electron chi connectivity index (χ1n) is 7.46. The van der Waals surface area contributed by atoms with Crippen LogP contribution in [0, 0.1) is 5.82 Å². The highest BCUT2D eigenvalue weighted by atomic mass is 79.9. The number of carbonyl (C=O) groups is 1. The van der Waals surface area contributed by atoms with Gasteiger partial charge in [0.15, 0.2) is 5.78 Å². The van der Waals surface area contributed by atoms with Crippen molar-refractivity contribution in [3.8, 4) is 0 Å². The molecular weight excluding hydrogens is 337 g/mol. The Morgan fingerprint density at radius 1 is 1.38 bits per heavy atom. The number of ketones is 1. The molecule has 0 spiro atoms. The second kappa shape index (κ2) is 5.78. The number of fused-ring (bicyclic) bond motifs is 1. The summed E-state index contributed by atoms with van der Waals surface area (Å²) in [5, 5.41) is 10.9. The van der Waals surface area contributed by atoms with E-state index in [1.165, 1.54) is 12.1 Å². The van der Waals surface area contributed by atoms with Gasteiger partial charge < -0.3 is 10.0 Å². The number of aliphatic hydroxyl groups is 1. The van der Waals surface area contributed by atoms with Crippen molar-refractivity contribution < 1.29 is 14.3 Å². The lowest BCUT2D eigenvalue weighted by Gasteiger charge is -2.29. The predicted molar refractivity (Wildman–Crippen MR) is 81.8 cm³/mol. The molecule has 1 N–H and O–H groups in total. The second-order valence-corrected chi connectivity index (χ2v) is 7.04. The number of benzene rings is 1. The fraction of sp³-hybridized carbons (Fsp3) is 0.562. The molecule has 21 heavy (non-hydrogen) atoms. The average Bonchev–Trinajstić information content (AvgIpc) is 2.81. The van der Waals surface area contributed by atoms with Crippen LogP contribution in [-0.4, -0.2) is 40.5 Å². The Morgan fingerprint density at radius 2 is 2.14 bits per heavy atom. The summed E-state index contributed by atoms with van der Waals surface area (Å²) < 4.78 is 14.6. The monoisotopic (exact) mass is 355 g/mol. The van der Waals surface area contributed by atoms with E-state index in [0.29, 0.717) is 17.3 Å². The van der Waals surface area contributed by atoms with Crippen LogP contribution in [0.3, 0.4) is 0 Å². The first kappa shape index (κ1) is 15.1. The lowest BCUT2D eigenvalue weighted by Crippen LogP contribution is -2.42. The van der Waals surface area contributed by atoms with Crippen LogP contribution >= 0.6 is 15.9 Å². The van der Waals surface area contributed by atoms with Crippen molar-refractivity contribution in [1.29, 1.82) is 0 Å². The quantitative estimate of drug-likeness (QED) is 0.828. The van der Waals surface area contributed by atoms with Crippen LogP contribution in [0.2, 0.25) is 0 Å². The maximum absolute atomic E-state index is 14.0. The topological polar surface area (TPSA) is 40.5 Å². The van der Waals surface area contributed by atoms with Gasteiger partial charge in [0.25, 0.3) is 0 Å². The van der Waals surface area contributed by atoms with Gasteiger partial charge in [-0.3, -0.25) is 4.79 Å². The van der Waals surface area contributed by atoms with Crippen LogP contribution in [-0.2, 0) is 0 Å². The van der Waals surface area contributed by atoms with Gasteiger partial charge in [0.1, 0.15) is 11.4 Å². The standard InChI is InChI=1S/C16H19BrFNO2/c17-11-4-5-14(18)13(9-11)15(20)16(21)6-2-8-19-7-1-3-12(19)10-16/h4-5,9,12,21H,1-3,6-8,10H2. The Morgan fingerprint density at radius 3 is 2.95 bits per heavy atom. The predicted octanol–water partition coefficient (Wildman–Crippen LogP) is 3.15. The Hall–Kier alpha value is -0.780. The van der Waals surface area contributed by atoms with Crippen LogP contribution in [0.25, 0.3) is 0 Å². The van der Waals surface area contributed by atoms with Gasteiger partial charge in [-0.2, -0.15) is 0 Å². The highest BCUT2D eigenvalue weighted by molar-refractivity contribution is 9.10. The molecule has 0 radical (unpaired) electrons. The molecule has 2 saturated heterocycles. The van der Waals surface area contributed by atoms with E-state index < -0.39 is 17.2 Å². The summed E-state index contributed by atoms with van der Waals surface area (Å²) in [5.41, 5.74) is -1.45. The fourth-order valence-electron chi connectivity index (χ4n) is 3.62. The van der Waals surface area contributed by atoms with Gasteiger partial charge in [-0.25, -0.2) is 4.39 Å². The molecule has 5 heteroatoms. The summed E-state index contributed by atoms with van der Waals surface area (Å²) in [5.74, 6) is -1.04. The highest BCUT2D eigenvalue weighted by Crippen LogP contribution is 2.35. The van der Waals surface area contributed by atoms with E-state index in [9.17, 15) is 14.3 Å². The van der Waals surface area contributed by atoms with E-state index in [4.69, 9.17) is 0 Å². The fourth-order valence-corrected chi connectivity index (χ4v) is 3.98. The van der Waals surface area contributed by atoms with Gasteiger partial charge in [-0.05, 0) is 63.4 Å². The number of halogens is 2. The molecule has 0 saturated carbocycles. The lowest BCUT2D eigenvalue weighted by molar-refractivity contribution is 0.0181. The van der Waals surface area contributed by atoms with Crippen molar-refractivity contribution in [1.82, 2.24) is 4.90 Å². The molecule has 114 valence electrons. The van der Waals surface area contributed by atoms with Crippen molar-refractivity contribution in [2.45, 2.75) is 43.7 Å². The van der Waals surface area contributed by atoms with Crippen molar-refractivity contribution in [2.24, 2.45) is 0 Å². The van der Waals surface area contributed by atoms with E-state index in [0.717, 1.165) is 32.4 Å². The third kappa shape index (κ3) is 2.91. The Balaban J connectivity index is 1.89. The molecule has 0 bridgehead atoms. The SMILES string of the molecule is O=C(c1cc(Br)ccc1F)C1(O)CCCN2CCCC2C1. The molecule has 0 amide bonds. The van der Waals surface area contributed by atoms with Gasteiger partial charge in [0.05, 0.1) is 5.56 Å². The first-order valence-corrected chi connectivity index (χ1v) is 8.25. The molecule has 2 unspecified atom stereocenters. The van der Waals surface area contributed by atoms with Gasteiger partial charge in [0, 0.05) is 10.5 Å². The summed E-state index contributed by atoms with van der Waals surface area (Å²) in [4.78, 5) is 15.1. The van der Waals surface area contributed by atoms with Crippen molar-refractivity contribution >= 4 is 21.7 Å². The van der Waals surface area contributed by atoms with Crippen molar-refractivity contribution in [3.05, 3.63) is 34.1 Å². The lowest BCUT2D eigenvalue weighted by atomic mass is 9.83. The zero-order chi connectivity index (χ0) is 15.0. The highest BCUT2D eigenvalue weighted by Gasteiger charge is 2.43. The summed E-state index contributed by atoms with van der Waals surface area (Å²) in [6.45, 7) is 1.96. The third-order valence-corrected chi connectivity index (χ3v) is 5.20. The Kier molecular flexibility index (Phi) is 4.17. The smallest absolute Gasteiger partial charge is 0.197 e. The second-order valence-electron chi connectivity index (χ2n) is 6.12. The average molecular weight is 356 g/mol. The number of rotatable bonds is 2. The number of hydrogen-bond donors (Lipinski definition) is 1. The number of nitrogens with zero attached hydrogens (tertiary/aromatic N) is 1. The molecule has 2 fully saturated rings. The Bertz CT molecular complexity index is 565. The summed E-state index contributed by atoms with van der Waals surface area (Å²) in [6.07, 6.45) is 3.72. The molecule has 3 nitrogen and oxygen atoms in total. The minimum absolute atomic E-state index is 0.0154. The van der Waals surface area contributed by atoms with E-state index in [2.05, 4.69) is 20.8 Å². The molecular formula is C16H19BrFNO2. The van der Waals surface area contributed by atoms with E-state index in [1.54, 1.807) is 6.07 Å². The molecule has 2 atom stereocenters. The van der Waals surface area contributed by atoms with Gasteiger partial charge in [0.2, 0.25) is 0 Å². The van der Waals surface area contributed by atoms with E-state index in [1.807, 2.05) is 0 Å². The molecule has 2 heterocycles. The minimum Gasteiger partial charge on any atom is -0.382 e.